The summed E-state index contributed by atoms with van der Waals surface area (Å²) in [5, 5.41) is 0. The zero-order valence-electron chi connectivity index (χ0n) is 17.9. The number of aromatic amines is 1. The van der Waals surface area contributed by atoms with Gasteiger partial charge in [-0.15, -0.1) is 0 Å². The fourth-order valence-corrected chi connectivity index (χ4v) is 4.32. The highest BCUT2D eigenvalue weighted by atomic mass is 32.2. The highest BCUT2D eigenvalue weighted by Crippen LogP contribution is 2.31. The molecule has 0 amide bonds. The summed E-state index contributed by atoms with van der Waals surface area (Å²) in [7, 11) is -3.85. The number of anilines is 2. The van der Waals surface area contributed by atoms with Crippen LogP contribution in [-0.2, 0) is 10.0 Å². The number of ketones is 1. The maximum absolute atomic E-state index is 12.9. The van der Waals surface area contributed by atoms with E-state index in [9.17, 15) is 13.2 Å². The summed E-state index contributed by atoms with van der Waals surface area (Å²) < 4.78 is 28.4. The predicted octanol–water partition coefficient (Wildman–Crippen LogP) is 4.24. The second kappa shape index (κ2) is 7.76. The van der Waals surface area contributed by atoms with E-state index < -0.39 is 15.4 Å². The van der Waals surface area contributed by atoms with Crippen LogP contribution in [0.3, 0.4) is 0 Å². The molecular weight excluding hydrogens is 426 g/mol. The summed E-state index contributed by atoms with van der Waals surface area (Å²) in [6, 6.07) is 12.8. The number of rotatable bonds is 5. The standard InChI is InChI=1S/C23H23N5O3S/c1-23(2,3)21(29)17-12-25-22-20(17)27-19(13-26-22)16-6-4-5-7-18(16)28-32(30,31)15-10-8-14(24)9-11-15/h4-13,28H,24H2,1-3H3,(H,25,26). The lowest BCUT2D eigenvalue weighted by Crippen LogP contribution is -2.20. The van der Waals surface area contributed by atoms with Gasteiger partial charge >= 0.3 is 0 Å². The van der Waals surface area contributed by atoms with Crippen LogP contribution >= 0.6 is 0 Å². The number of hydrogen-bond acceptors (Lipinski definition) is 6. The molecule has 4 N–H and O–H groups in total. The maximum atomic E-state index is 12.9. The van der Waals surface area contributed by atoms with Crippen LogP contribution in [0.2, 0.25) is 0 Å². The van der Waals surface area contributed by atoms with Crippen molar-refractivity contribution in [1.82, 2.24) is 15.0 Å². The van der Waals surface area contributed by atoms with E-state index >= 15 is 0 Å². The average Bonchev–Trinajstić information content (AvgIpc) is 3.16. The van der Waals surface area contributed by atoms with Gasteiger partial charge in [-0.25, -0.2) is 18.4 Å². The molecule has 0 saturated carbocycles. The average molecular weight is 450 g/mol. The highest BCUT2D eigenvalue weighted by Gasteiger charge is 2.26. The van der Waals surface area contributed by atoms with Crippen LogP contribution in [0, 0.1) is 5.41 Å². The molecular formula is C23H23N5O3S. The van der Waals surface area contributed by atoms with Crippen LogP contribution in [-0.4, -0.2) is 29.2 Å². The molecule has 2 heterocycles. The molecule has 0 unspecified atom stereocenters. The number of hydrogen-bond donors (Lipinski definition) is 3. The van der Waals surface area contributed by atoms with Crippen molar-refractivity contribution in [2.45, 2.75) is 25.7 Å². The Morgan fingerprint density at radius 3 is 2.44 bits per heavy atom. The van der Waals surface area contributed by atoms with Crippen LogP contribution in [0.4, 0.5) is 11.4 Å². The second-order valence-corrected chi connectivity index (χ2v) is 10.1. The highest BCUT2D eigenvalue weighted by molar-refractivity contribution is 7.92. The number of carbonyl (C=O) groups excluding carboxylic acids is 1. The summed E-state index contributed by atoms with van der Waals surface area (Å²) in [6.45, 7) is 5.52. The van der Waals surface area contributed by atoms with Gasteiger partial charge in [0, 0.05) is 22.9 Å². The van der Waals surface area contributed by atoms with Gasteiger partial charge in [0.2, 0.25) is 0 Å². The van der Waals surface area contributed by atoms with E-state index in [0.717, 1.165) is 0 Å². The topological polar surface area (TPSA) is 131 Å². The van der Waals surface area contributed by atoms with Crippen LogP contribution in [0.25, 0.3) is 22.4 Å². The van der Waals surface area contributed by atoms with Gasteiger partial charge in [-0.3, -0.25) is 9.52 Å². The van der Waals surface area contributed by atoms with Crippen LogP contribution < -0.4 is 10.5 Å². The van der Waals surface area contributed by atoms with Crippen molar-refractivity contribution in [3.63, 3.8) is 0 Å². The van der Waals surface area contributed by atoms with E-state index in [0.29, 0.717) is 39.4 Å². The summed E-state index contributed by atoms with van der Waals surface area (Å²) in [5.41, 5.74) is 8.25. The first-order chi connectivity index (χ1) is 15.1. The molecule has 0 radical (unpaired) electrons. The minimum Gasteiger partial charge on any atom is -0.399 e. The van der Waals surface area contributed by atoms with Gasteiger partial charge < -0.3 is 10.7 Å². The molecule has 32 heavy (non-hydrogen) atoms. The van der Waals surface area contributed by atoms with Crippen molar-refractivity contribution in [3.8, 4) is 11.3 Å². The van der Waals surface area contributed by atoms with Crippen molar-refractivity contribution in [3.05, 3.63) is 66.5 Å². The Bertz CT molecular complexity index is 1420. The number of nitrogens with zero attached hydrogens (tertiary/aromatic N) is 2. The summed E-state index contributed by atoms with van der Waals surface area (Å²) >= 11 is 0. The lowest BCUT2D eigenvalue weighted by atomic mass is 9.87. The van der Waals surface area contributed by atoms with Crippen molar-refractivity contribution in [2.75, 3.05) is 10.5 Å². The number of nitrogens with two attached hydrogens (primary N) is 1. The fraction of sp³-hybridized carbons (Fsp3) is 0.174. The number of aromatic nitrogens is 3. The van der Waals surface area contributed by atoms with Gasteiger partial charge in [0.15, 0.2) is 11.4 Å². The largest absolute Gasteiger partial charge is 0.399 e. The maximum Gasteiger partial charge on any atom is 0.261 e. The molecule has 0 aliphatic rings. The molecule has 9 heteroatoms. The lowest BCUT2D eigenvalue weighted by molar-refractivity contribution is 0.0860. The number of para-hydroxylation sites is 1. The van der Waals surface area contributed by atoms with Gasteiger partial charge in [0.05, 0.1) is 28.0 Å². The molecule has 2 aromatic carbocycles. The van der Waals surface area contributed by atoms with E-state index in [1.54, 1.807) is 36.7 Å². The fourth-order valence-electron chi connectivity index (χ4n) is 3.24. The normalized spacial score (nSPS) is 12.1. The van der Waals surface area contributed by atoms with Gasteiger partial charge in [0.1, 0.15) is 5.52 Å². The van der Waals surface area contributed by atoms with Gasteiger partial charge in [0.25, 0.3) is 10.0 Å². The molecule has 0 bridgehead atoms. The van der Waals surface area contributed by atoms with Crippen LogP contribution in [0.1, 0.15) is 31.1 Å². The van der Waals surface area contributed by atoms with E-state index in [-0.39, 0.29) is 10.7 Å². The first kappa shape index (κ1) is 21.5. The molecule has 2 aromatic heterocycles. The van der Waals surface area contributed by atoms with E-state index in [4.69, 9.17) is 5.73 Å². The SMILES string of the molecule is CC(C)(C)C(=O)c1c[nH]c2ncc(-c3ccccc3NS(=O)(=O)c3ccc(N)cc3)nc12. The molecule has 4 rings (SSSR count). The van der Waals surface area contributed by atoms with Crippen LogP contribution in [0.5, 0.6) is 0 Å². The van der Waals surface area contributed by atoms with Crippen molar-refractivity contribution < 1.29 is 13.2 Å². The Hall–Kier alpha value is -3.72. The number of benzene rings is 2. The third-order valence-electron chi connectivity index (χ3n) is 4.94. The Morgan fingerprint density at radius 2 is 1.75 bits per heavy atom. The zero-order valence-corrected chi connectivity index (χ0v) is 18.7. The molecule has 0 atom stereocenters. The summed E-state index contributed by atoms with van der Waals surface area (Å²) in [4.78, 5) is 24.9. The van der Waals surface area contributed by atoms with E-state index in [2.05, 4.69) is 19.7 Å². The predicted molar refractivity (Wildman–Crippen MR) is 125 cm³/mol. The molecule has 4 aromatic rings. The number of sulfonamides is 1. The van der Waals surface area contributed by atoms with Gasteiger partial charge in [-0.05, 0) is 30.3 Å². The number of carbonyl (C=O) groups is 1. The number of nitrogen functional groups attached to an aromatic ring is 1. The van der Waals surface area contributed by atoms with Crippen molar-refractivity contribution >= 4 is 38.3 Å². The molecule has 8 nitrogen and oxygen atoms in total. The van der Waals surface area contributed by atoms with Crippen molar-refractivity contribution in [2.24, 2.45) is 5.41 Å². The Morgan fingerprint density at radius 1 is 1.06 bits per heavy atom. The monoisotopic (exact) mass is 449 g/mol. The van der Waals surface area contributed by atoms with Gasteiger partial charge in [-0.1, -0.05) is 39.0 Å². The Labute approximate surface area is 186 Å². The smallest absolute Gasteiger partial charge is 0.261 e. The number of H-pyrrole nitrogens is 1. The second-order valence-electron chi connectivity index (χ2n) is 8.45. The first-order valence-corrected chi connectivity index (χ1v) is 11.4. The third-order valence-corrected chi connectivity index (χ3v) is 6.33. The van der Waals surface area contributed by atoms with Crippen molar-refractivity contribution in [1.29, 1.82) is 0 Å². The van der Waals surface area contributed by atoms with E-state index in [1.165, 1.54) is 24.3 Å². The minimum absolute atomic E-state index is 0.0625. The minimum atomic E-state index is -3.85. The third kappa shape index (κ3) is 4.06. The zero-order chi connectivity index (χ0) is 23.1. The first-order valence-electron chi connectivity index (χ1n) is 9.93. The summed E-state index contributed by atoms with van der Waals surface area (Å²) in [5.74, 6) is -0.0625. The number of fused-ring (bicyclic) bond motifs is 1. The molecule has 0 spiro atoms. The Kier molecular flexibility index (Phi) is 5.21. The molecule has 0 aliphatic heterocycles. The molecule has 0 saturated heterocycles. The van der Waals surface area contributed by atoms with Gasteiger partial charge in [-0.2, -0.15) is 0 Å². The number of nitrogens with one attached hydrogen (secondary N) is 2. The lowest BCUT2D eigenvalue weighted by Gasteiger charge is -2.15. The summed E-state index contributed by atoms with van der Waals surface area (Å²) in [6.07, 6.45) is 3.15. The molecule has 0 fully saturated rings. The molecule has 164 valence electrons. The number of Topliss-reactive ketones (excluding diaryl/α,β-unsaturated/α-hetero) is 1. The Balaban J connectivity index is 1.77. The quantitative estimate of drug-likeness (QED) is 0.309. The van der Waals surface area contributed by atoms with Crippen LogP contribution in [0.15, 0.2) is 65.8 Å². The van der Waals surface area contributed by atoms with E-state index in [1.807, 2.05) is 20.8 Å². The molecule has 0 aliphatic carbocycles.